The summed E-state index contributed by atoms with van der Waals surface area (Å²) in [7, 11) is 0. The van der Waals surface area contributed by atoms with Crippen LogP contribution in [0.5, 0.6) is 0 Å². The fourth-order valence-electron chi connectivity index (χ4n) is 1.94. The molecular weight excluding hydrogens is 226 g/mol. The smallest absolute Gasteiger partial charge is 0.133 e. The Morgan fingerprint density at radius 2 is 2.11 bits per heavy atom. The number of hydrogen-bond donors (Lipinski definition) is 1. The molecule has 2 heterocycles. The number of hydrogen-bond acceptors (Lipinski definition) is 4. The Kier molecular flexibility index (Phi) is 4.34. The molecule has 2 rings (SSSR count). The Hall–Kier alpha value is -1.84. The van der Waals surface area contributed by atoms with Gasteiger partial charge in [0.2, 0.25) is 0 Å². The van der Waals surface area contributed by atoms with Crippen molar-refractivity contribution in [2.24, 2.45) is 0 Å². The highest BCUT2D eigenvalue weighted by molar-refractivity contribution is 5.67. The molecule has 0 saturated heterocycles. The molecular formula is C14H19N3O. The van der Waals surface area contributed by atoms with Crippen LogP contribution in [0.3, 0.4) is 0 Å². The number of anilines is 1. The molecule has 0 spiro atoms. The normalized spacial score (nSPS) is 10.6. The summed E-state index contributed by atoms with van der Waals surface area (Å²) in [4.78, 5) is 8.75. The first kappa shape index (κ1) is 12.6. The highest BCUT2D eigenvalue weighted by atomic mass is 16.3. The zero-order valence-electron chi connectivity index (χ0n) is 10.9. The number of aromatic nitrogens is 2. The highest BCUT2D eigenvalue weighted by Gasteiger charge is 2.12. The van der Waals surface area contributed by atoms with E-state index in [0.29, 0.717) is 0 Å². The van der Waals surface area contributed by atoms with Crippen molar-refractivity contribution < 1.29 is 4.42 Å². The zero-order valence-corrected chi connectivity index (χ0v) is 10.9. The van der Waals surface area contributed by atoms with E-state index in [2.05, 4.69) is 29.1 Å². The largest absolute Gasteiger partial charge is 0.472 e. The Balaban J connectivity index is 2.39. The maximum atomic E-state index is 5.14. The minimum atomic E-state index is 0.929. The Morgan fingerprint density at radius 3 is 2.78 bits per heavy atom. The lowest BCUT2D eigenvalue weighted by atomic mass is 10.1. The van der Waals surface area contributed by atoms with Gasteiger partial charge in [-0.25, -0.2) is 9.97 Å². The second-order valence-electron chi connectivity index (χ2n) is 4.24. The molecule has 0 saturated carbocycles. The van der Waals surface area contributed by atoms with Gasteiger partial charge in [-0.1, -0.05) is 20.3 Å². The van der Waals surface area contributed by atoms with Crippen LogP contribution >= 0.6 is 0 Å². The van der Waals surface area contributed by atoms with Crippen LogP contribution in [0.15, 0.2) is 29.3 Å². The standard InChI is InChI=1S/C14H19N3O/c1-3-5-12-13(11-6-8-18-9-11)16-10-17-14(12)15-7-4-2/h6,8-10H,3-5,7H2,1-2H3,(H,15,16,17). The van der Waals surface area contributed by atoms with E-state index in [0.717, 1.165) is 42.9 Å². The minimum Gasteiger partial charge on any atom is -0.472 e. The number of nitrogens with one attached hydrogen (secondary N) is 1. The van der Waals surface area contributed by atoms with E-state index in [9.17, 15) is 0 Å². The lowest BCUT2D eigenvalue weighted by molar-refractivity contribution is 0.568. The van der Waals surface area contributed by atoms with Crippen molar-refractivity contribution in [1.82, 2.24) is 9.97 Å². The van der Waals surface area contributed by atoms with Crippen LogP contribution in [-0.4, -0.2) is 16.5 Å². The fraction of sp³-hybridized carbons (Fsp3) is 0.429. The third kappa shape index (κ3) is 2.70. The van der Waals surface area contributed by atoms with Gasteiger partial charge in [0.25, 0.3) is 0 Å². The molecule has 0 amide bonds. The maximum Gasteiger partial charge on any atom is 0.133 e. The lowest BCUT2D eigenvalue weighted by Crippen LogP contribution is -2.07. The predicted octanol–water partition coefficient (Wildman–Crippen LogP) is 3.51. The summed E-state index contributed by atoms with van der Waals surface area (Å²) >= 11 is 0. The van der Waals surface area contributed by atoms with Gasteiger partial charge in [0.05, 0.1) is 18.2 Å². The second-order valence-corrected chi connectivity index (χ2v) is 4.24. The Morgan fingerprint density at radius 1 is 1.22 bits per heavy atom. The number of nitrogens with zero attached hydrogens (tertiary/aromatic N) is 2. The third-order valence-electron chi connectivity index (χ3n) is 2.78. The molecule has 0 fully saturated rings. The number of furan rings is 1. The van der Waals surface area contributed by atoms with Gasteiger partial charge >= 0.3 is 0 Å². The number of rotatable bonds is 6. The van der Waals surface area contributed by atoms with Crippen LogP contribution in [0.4, 0.5) is 5.82 Å². The molecule has 1 N–H and O–H groups in total. The average Bonchev–Trinajstić information content (AvgIpc) is 2.91. The van der Waals surface area contributed by atoms with Gasteiger partial charge in [0, 0.05) is 17.7 Å². The third-order valence-corrected chi connectivity index (χ3v) is 2.78. The first-order valence-corrected chi connectivity index (χ1v) is 6.47. The molecule has 0 aromatic carbocycles. The van der Waals surface area contributed by atoms with Gasteiger partial charge in [-0.3, -0.25) is 0 Å². The summed E-state index contributed by atoms with van der Waals surface area (Å²) in [6.07, 6.45) is 8.12. The van der Waals surface area contributed by atoms with Crippen LogP contribution in [0.1, 0.15) is 32.3 Å². The van der Waals surface area contributed by atoms with E-state index in [1.165, 1.54) is 5.56 Å². The fourth-order valence-corrected chi connectivity index (χ4v) is 1.94. The van der Waals surface area contributed by atoms with Gasteiger partial charge in [-0.05, 0) is 18.9 Å². The molecule has 0 bridgehead atoms. The van der Waals surface area contributed by atoms with E-state index < -0.39 is 0 Å². The summed E-state index contributed by atoms with van der Waals surface area (Å²) in [6, 6.07) is 1.94. The molecule has 2 aromatic rings. The van der Waals surface area contributed by atoms with Gasteiger partial charge in [0.15, 0.2) is 0 Å². The summed E-state index contributed by atoms with van der Waals surface area (Å²) in [5, 5.41) is 3.37. The van der Waals surface area contributed by atoms with Crippen molar-refractivity contribution in [3.63, 3.8) is 0 Å². The topological polar surface area (TPSA) is 51.0 Å². The predicted molar refractivity (Wildman–Crippen MR) is 72.5 cm³/mol. The van der Waals surface area contributed by atoms with Crippen LogP contribution in [0.2, 0.25) is 0 Å². The molecule has 4 nitrogen and oxygen atoms in total. The van der Waals surface area contributed by atoms with Gasteiger partial charge in [-0.2, -0.15) is 0 Å². The molecule has 96 valence electrons. The van der Waals surface area contributed by atoms with E-state index in [4.69, 9.17) is 4.42 Å². The summed E-state index contributed by atoms with van der Waals surface area (Å²) in [5.41, 5.74) is 3.16. The first-order chi connectivity index (χ1) is 8.86. The summed E-state index contributed by atoms with van der Waals surface area (Å²) in [6.45, 7) is 5.24. The highest BCUT2D eigenvalue weighted by Crippen LogP contribution is 2.27. The monoisotopic (exact) mass is 245 g/mol. The maximum absolute atomic E-state index is 5.14. The van der Waals surface area contributed by atoms with Crippen molar-refractivity contribution in [3.05, 3.63) is 30.5 Å². The van der Waals surface area contributed by atoms with E-state index in [-0.39, 0.29) is 0 Å². The average molecular weight is 245 g/mol. The van der Waals surface area contributed by atoms with Crippen LogP contribution in [0.25, 0.3) is 11.3 Å². The van der Waals surface area contributed by atoms with Crippen LogP contribution in [0, 0.1) is 0 Å². The Labute approximate surface area is 107 Å². The quantitative estimate of drug-likeness (QED) is 0.846. The van der Waals surface area contributed by atoms with Crippen molar-refractivity contribution in [3.8, 4) is 11.3 Å². The van der Waals surface area contributed by atoms with E-state index in [1.54, 1.807) is 18.9 Å². The summed E-state index contributed by atoms with van der Waals surface area (Å²) < 4.78 is 5.14. The minimum absolute atomic E-state index is 0.929. The molecule has 4 heteroatoms. The molecule has 0 atom stereocenters. The van der Waals surface area contributed by atoms with Crippen molar-refractivity contribution in [2.45, 2.75) is 33.1 Å². The summed E-state index contributed by atoms with van der Waals surface area (Å²) in [5.74, 6) is 0.949. The molecule has 2 aromatic heterocycles. The first-order valence-electron chi connectivity index (χ1n) is 6.47. The molecule has 0 unspecified atom stereocenters. The molecule has 0 aliphatic rings. The SMILES string of the molecule is CCCNc1ncnc(-c2ccoc2)c1CCC. The molecule has 18 heavy (non-hydrogen) atoms. The zero-order chi connectivity index (χ0) is 12.8. The van der Waals surface area contributed by atoms with E-state index >= 15 is 0 Å². The van der Waals surface area contributed by atoms with Crippen molar-refractivity contribution in [1.29, 1.82) is 0 Å². The second kappa shape index (κ2) is 6.19. The van der Waals surface area contributed by atoms with Crippen molar-refractivity contribution in [2.75, 3.05) is 11.9 Å². The molecule has 0 aliphatic heterocycles. The van der Waals surface area contributed by atoms with Crippen LogP contribution in [-0.2, 0) is 6.42 Å². The van der Waals surface area contributed by atoms with E-state index in [1.807, 2.05) is 6.07 Å². The van der Waals surface area contributed by atoms with Crippen molar-refractivity contribution >= 4 is 5.82 Å². The molecule has 0 aliphatic carbocycles. The van der Waals surface area contributed by atoms with Gasteiger partial charge in [0.1, 0.15) is 12.1 Å². The Bertz CT molecular complexity index is 480. The van der Waals surface area contributed by atoms with Gasteiger partial charge in [-0.15, -0.1) is 0 Å². The van der Waals surface area contributed by atoms with Gasteiger partial charge < -0.3 is 9.73 Å². The lowest BCUT2D eigenvalue weighted by Gasteiger charge is -2.12. The van der Waals surface area contributed by atoms with Crippen LogP contribution < -0.4 is 5.32 Å². The molecule has 0 radical (unpaired) electrons.